The Balaban J connectivity index is 2.15. The quantitative estimate of drug-likeness (QED) is 0.817. The molecule has 0 bridgehead atoms. The summed E-state index contributed by atoms with van der Waals surface area (Å²) >= 11 is 17.8. The summed E-state index contributed by atoms with van der Waals surface area (Å²) in [5.41, 5.74) is 1.74. The van der Waals surface area contributed by atoms with Crippen molar-refractivity contribution >= 4 is 40.8 Å². The average Bonchev–Trinajstić information content (AvgIpc) is 2.42. The highest BCUT2D eigenvalue weighted by Crippen LogP contribution is 2.25. The van der Waals surface area contributed by atoms with Crippen molar-refractivity contribution in [3.63, 3.8) is 0 Å². The van der Waals surface area contributed by atoms with Gasteiger partial charge in [-0.2, -0.15) is 0 Å². The van der Waals surface area contributed by atoms with Gasteiger partial charge in [-0.25, -0.2) is 0 Å². The lowest BCUT2D eigenvalue weighted by Gasteiger charge is -2.13. The summed E-state index contributed by atoms with van der Waals surface area (Å²) in [6.45, 7) is 0. The second-order valence-electron chi connectivity index (χ2n) is 4.82. The summed E-state index contributed by atoms with van der Waals surface area (Å²) in [6.07, 6.45) is 0.800. The molecule has 1 N–H and O–H groups in total. The van der Waals surface area contributed by atoms with Crippen LogP contribution in [0.1, 0.15) is 11.1 Å². The number of rotatable bonds is 5. The standard InChI is InChI=1S/C16H13Cl3O2/c17-13-3-1-2-10(8-13)6-12(16(20)21)7-11-4-5-14(18)15(19)9-11/h1-5,8-9,12H,6-7H2,(H,20,21). The molecule has 0 aliphatic heterocycles. The highest BCUT2D eigenvalue weighted by atomic mass is 35.5. The summed E-state index contributed by atoms with van der Waals surface area (Å²) < 4.78 is 0. The first-order chi connectivity index (χ1) is 9.95. The molecule has 0 fully saturated rings. The van der Waals surface area contributed by atoms with Gasteiger partial charge in [-0.3, -0.25) is 4.79 Å². The third kappa shape index (κ3) is 4.63. The molecule has 0 saturated carbocycles. The highest BCUT2D eigenvalue weighted by Gasteiger charge is 2.19. The van der Waals surface area contributed by atoms with Crippen LogP contribution >= 0.6 is 34.8 Å². The van der Waals surface area contributed by atoms with Crippen LogP contribution in [0.25, 0.3) is 0 Å². The van der Waals surface area contributed by atoms with Crippen LogP contribution < -0.4 is 0 Å². The Kier molecular flexibility index (Phi) is 5.51. The van der Waals surface area contributed by atoms with Crippen molar-refractivity contribution in [2.75, 3.05) is 0 Å². The number of carboxylic acid groups (broad SMARTS) is 1. The lowest BCUT2D eigenvalue weighted by atomic mass is 9.93. The van der Waals surface area contributed by atoms with Crippen molar-refractivity contribution < 1.29 is 9.90 Å². The molecule has 1 atom stereocenters. The summed E-state index contributed by atoms with van der Waals surface area (Å²) in [4.78, 5) is 11.5. The fourth-order valence-corrected chi connectivity index (χ4v) is 2.68. The smallest absolute Gasteiger partial charge is 0.307 e. The third-order valence-electron chi connectivity index (χ3n) is 3.19. The van der Waals surface area contributed by atoms with E-state index in [1.54, 1.807) is 30.3 Å². The van der Waals surface area contributed by atoms with Crippen LogP contribution in [0.4, 0.5) is 0 Å². The van der Waals surface area contributed by atoms with Gasteiger partial charge >= 0.3 is 5.97 Å². The molecule has 0 saturated heterocycles. The molecule has 5 heteroatoms. The van der Waals surface area contributed by atoms with Crippen LogP contribution in [0.3, 0.4) is 0 Å². The van der Waals surface area contributed by atoms with E-state index in [-0.39, 0.29) is 0 Å². The van der Waals surface area contributed by atoms with Crippen LogP contribution in [0, 0.1) is 5.92 Å². The van der Waals surface area contributed by atoms with Crippen LogP contribution in [0.15, 0.2) is 42.5 Å². The summed E-state index contributed by atoms with van der Waals surface area (Å²) in [7, 11) is 0. The first-order valence-electron chi connectivity index (χ1n) is 6.37. The predicted octanol–water partition coefficient (Wildman–Crippen LogP) is 5.13. The second kappa shape index (κ2) is 7.17. The van der Waals surface area contributed by atoms with Gasteiger partial charge in [0.1, 0.15) is 0 Å². The molecule has 0 aromatic heterocycles. The van der Waals surface area contributed by atoms with E-state index in [4.69, 9.17) is 34.8 Å². The van der Waals surface area contributed by atoms with E-state index in [9.17, 15) is 9.90 Å². The van der Waals surface area contributed by atoms with Gasteiger partial charge < -0.3 is 5.11 Å². The number of carbonyl (C=O) groups is 1. The molecular formula is C16H13Cl3O2. The van der Waals surface area contributed by atoms with Gasteiger partial charge in [0.05, 0.1) is 16.0 Å². The van der Waals surface area contributed by atoms with Gasteiger partial charge in [-0.1, -0.05) is 53.0 Å². The van der Waals surface area contributed by atoms with Crippen molar-refractivity contribution in [1.82, 2.24) is 0 Å². The number of benzene rings is 2. The van der Waals surface area contributed by atoms with Gasteiger partial charge in [-0.15, -0.1) is 0 Å². The van der Waals surface area contributed by atoms with Gasteiger partial charge in [0.2, 0.25) is 0 Å². The Bertz CT molecular complexity index is 656. The van der Waals surface area contributed by atoms with E-state index >= 15 is 0 Å². The molecule has 0 aliphatic rings. The molecule has 0 heterocycles. The van der Waals surface area contributed by atoms with E-state index in [0.29, 0.717) is 27.9 Å². The Morgan fingerprint density at radius 2 is 1.62 bits per heavy atom. The van der Waals surface area contributed by atoms with Crippen LogP contribution in [-0.2, 0) is 17.6 Å². The fraction of sp³-hybridized carbons (Fsp3) is 0.188. The molecule has 2 rings (SSSR count). The maximum Gasteiger partial charge on any atom is 0.307 e. The number of carboxylic acids is 1. The topological polar surface area (TPSA) is 37.3 Å². The lowest BCUT2D eigenvalue weighted by molar-refractivity contribution is -0.141. The Morgan fingerprint density at radius 1 is 0.952 bits per heavy atom. The molecule has 0 spiro atoms. The number of aliphatic carboxylic acids is 1. The maximum atomic E-state index is 11.5. The Hall–Kier alpha value is -1.22. The average molecular weight is 344 g/mol. The highest BCUT2D eigenvalue weighted by molar-refractivity contribution is 6.42. The second-order valence-corrected chi connectivity index (χ2v) is 6.07. The zero-order chi connectivity index (χ0) is 15.4. The minimum atomic E-state index is -0.846. The van der Waals surface area contributed by atoms with Crippen LogP contribution in [-0.4, -0.2) is 11.1 Å². The normalized spacial score (nSPS) is 12.1. The predicted molar refractivity (Wildman–Crippen MR) is 86.4 cm³/mol. The zero-order valence-electron chi connectivity index (χ0n) is 11.0. The number of hydrogen-bond donors (Lipinski definition) is 1. The summed E-state index contributed by atoms with van der Waals surface area (Å²) in [6, 6.07) is 12.4. The molecule has 2 nitrogen and oxygen atoms in total. The van der Waals surface area contributed by atoms with Gasteiger partial charge in [0.15, 0.2) is 0 Å². The van der Waals surface area contributed by atoms with Crippen LogP contribution in [0.5, 0.6) is 0 Å². The van der Waals surface area contributed by atoms with Crippen molar-refractivity contribution in [3.05, 3.63) is 68.7 Å². The van der Waals surface area contributed by atoms with E-state index in [1.165, 1.54) is 0 Å². The number of hydrogen-bond acceptors (Lipinski definition) is 1. The molecular weight excluding hydrogens is 331 g/mol. The van der Waals surface area contributed by atoms with E-state index in [0.717, 1.165) is 11.1 Å². The van der Waals surface area contributed by atoms with E-state index < -0.39 is 11.9 Å². The fourth-order valence-electron chi connectivity index (χ4n) is 2.15. The minimum Gasteiger partial charge on any atom is -0.481 e. The number of halogens is 3. The SMILES string of the molecule is O=C(O)C(Cc1cccc(Cl)c1)Cc1ccc(Cl)c(Cl)c1. The van der Waals surface area contributed by atoms with E-state index in [1.807, 2.05) is 12.1 Å². The maximum absolute atomic E-state index is 11.5. The molecule has 1 unspecified atom stereocenters. The van der Waals surface area contributed by atoms with E-state index in [2.05, 4.69) is 0 Å². The van der Waals surface area contributed by atoms with Gasteiger partial charge in [0, 0.05) is 5.02 Å². The minimum absolute atomic E-state index is 0.388. The van der Waals surface area contributed by atoms with Crippen molar-refractivity contribution in [3.8, 4) is 0 Å². The Morgan fingerprint density at radius 3 is 2.19 bits per heavy atom. The first kappa shape index (κ1) is 16.2. The summed E-state index contributed by atoms with van der Waals surface area (Å²) in [5, 5.41) is 10.9. The van der Waals surface area contributed by atoms with Gasteiger partial charge in [-0.05, 0) is 48.2 Å². The lowest BCUT2D eigenvalue weighted by Crippen LogP contribution is -2.19. The van der Waals surface area contributed by atoms with Crippen molar-refractivity contribution in [1.29, 1.82) is 0 Å². The molecule has 2 aromatic rings. The van der Waals surface area contributed by atoms with Crippen LogP contribution in [0.2, 0.25) is 15.1 Å². The molecule has 21 heavy (non-hydrogen) atoms. The summed E-state index contributed by atoms with van der Waals surface area (Å²) in [5.74, 6) is -1.39. The zero-order valence-corrected chi connectivity index (χ0v) is 13.3. The van der Waals surface area contributed by atoms with Crippen molar-refractivity contribution in [2.24, 2.45) is 5.92 Å². The molecule has 2 aromatic carbocycles. The largest absolute Gasteiger partial charge is 0.481 e. The molecule has 0 radical (unpaired) electrons. The Labute approximate surface area is 138 Å². The monoisotopic (exact) mass is 342 g/mol. The first-order valence-corrected chi connectivity index (χ1v) is 7.50. The van der Waals surface area contributed by atoms with Crippen molar-refractivity contribution in [2.45, 2.75) is 12.8 Å². The molecule has 0 amide bonds. The third-order valence-corrected chi connectivity index (χ3v) is 4.16. The van der Waals surface area contributed by atoms with Gasteiger partial charge in [0.25, 0.3) is 0 Å². The molecule has 0 aliphatic carbocycles. The molecule has 110 valence electrons.